The number of nitrogens with zero attached hydrogens (tertiary/aromatic N) is 2. The van der Waals surface area contributed by atoms with Crippen LogP contribution in [0.25, 0.3) is 0 Å². The third-order valence-electron chi connectivity index (χ3n) is 7.63. The first-order valence-electron chi connectivity index (χ1n) is 14.7. The Morgan fingerprint density at radius 3 is 2.16 bits per heavy atom. The summed E-state index contributed by atoms with van der Waals surface area (Å²) in [4.78, 5) is 30.0. The molecule has 0 unspecified atom stereocenters. The van der Waals surface area contributed by atoms with Gasteiger partial charge < -0.3 is 10.2 Å². The minimum atomic E-state index is -4.21. The standard InChI is InChI=1S/C35H37BrClN3O4S/c1-4-25(2)38-35(42)33(22-27-13-7-5-8-14-27)39(23-28-15-11-16-29(36)21-28)34(41)24-40(32-20-12-19-31(37)26(32)3)45(43,44)30-17-9-6-10-18-30/h5-21,25,33H,4,22-24H2,1-3H3,(H,38,42)/t25-,33-/m0/s1. The monoisotopic (exact) mass is 709 g/mol. The van der Waals surface area contributed by atoms with Crippen molar-refractivity contribution in [2.45, 2.75) is 57.1 Å². The van der Waals surface area contributed by atoms with Crippen LogP contribution in [-0.2, 0) is 32.6 Å². The number of sulfonamides is 1. The highest BCUT2D eigenvalue weighted by molar-refractivity contribution is 9.10. The number of hydrogen-bond donors (Lipinski definition) is 1. The number of carbonyl (C=O) groups is 2. The zero-order valence-electron chi connectivity index (χ0n) is 25.5. The van der Waals surface area contributed by atoms with Crippen molar-refractivity contribution in [2.75, 3.05) is 10.8 Å². The molecule has 0 aliphatic heterocycles. The van der Waals surface area contributed by atoms with Gasteiger partial charge in [-0.3, -0.25) is 13.9 Å². The molecule has 0 saturated heterocycles. The van der Waals surface area contributed by atoms with E-state index in [0.717, 1.165) is 19.9 Å². The summed E-state index contributed by atoms with van der Waals surface area (Å²) in [6, 6.07) is 28.8. The van der Waals surface area contributed by atoms with E-state index >= 15 is 0 Å². The largest absolute Gasteiger partial charge is 0.352 e. The Morgan fingerprint density at radius 1 is 0.889 bits per heavy atom. The third kappa shape index (κ3) is 8.75. The fourth-order valence-corrected chi connectivity index (χ4v) is 7.04. The highest BCUT2D eigenvalue weighted by Gasteiger charge is 2.35. The summed E-state index contributed by atoms with van der Waals surface area (Å²) in [7, 11) is -4.21. The van der Waals surface area contributed by atoms with Crippen molar-refractivity contribution in [1.29, 1.82) is 0 Å². The van der Waals surface area contributed by atoms with Gasteiger partial charge in [0, 0.05) is 28.5 Å². The molecule has 236 valence electrons. The predicted octanol–water partition coefficient (Wildman–Crippen LogP) is 7.16. The Labute approximate surface area is 279 Å². The van der Waals surface area contributed by atoms with Crippen LogP contribution < -0.4 is 9.62 Å². The molecule has 4 aromatic carbocycles. The van der Waals surface area contributed by atoms with Crippen LogP contribution in [0, 0.1) is 6.92 Å². The lowest BCUT2D eigenvalue weighted by atomic mass is 10.0. The molecule has 7 nitrogen and oxygen atoms in total. The second kappa shape index (κ2) is 15.6. The second-order valence-corrected chi connectivity index (χ2v) is 14.1. The van der Waals surface area contributed by atoms with Gasteiger partial charge in [-0.15, -0.1) is 0 Å². The lowest BCUT2D eigenvalue weighted by molar-refractivity contribution is -0.140. The maximum Gasteiger partial charge on any atom is 0.264 e. The highest BCUT2D eigenvalue weighted by atomic mass is 79.9. The topological polar surface area (TPSA) is 86.8 Å². The fourth-order valence-electron chi connectivity index (χ4n) is 4.93. The first-order chi connectivity index (χ1) is 21.5. The van der Waals surface area contributed by atoms with Crippen molar-refractivity contribution in [3.05, 3.63) is 129 Å². The maximum atomic E-state index is 14.6. The molecule has 0 spiro atoms. The van der Waals surface area contributed by atoms with Gasteiger partial charge in [0.25, 0.3) is 10.0 Å². The van der Waals surface area contributed by atoms with Crippen LogP contribution >= 0.6 is 27.5 Å². The Morgan fingerprint density at radius 2 is 1.51 bits per heavy atom. The third-order valence-corrected chi connectivity index (χ3v) is 10.3. The van der Waals surface area contributed by atoms with E-state index in [1.807, 2.05) is 68.4 Å². The molecule has 0 radical (unpaired) electrons. The zero-order chi connectivity index (χ0) is 32.6. The van der Waals surface area contributed by atoms with Crippen LogP contribution in [0.4, 0.5) is 5.69 Å². The van der Waals surface area contributed by atoms with Crippen molar-refractivity contribution in [2.24, 2.45) is 0 Å². The van der Waals surface area contributed by atoms with Gasteiger partial charge in [-0.05, 0) is 73.4 Å². The molecule has 0 bridgehead atoms. The van der Waals surface area contributed by atoms with E-state index in [0.29, 0.717) is 17.0 Å². The molecule has 4 aromatic rings. The number of rotatable bonds is 13. The van der Waals surface area contributed by atoms with Crippen molar-refractivity contribution < 1.29 is 18.0 Å². The molecule has 4 rings (SSSR count). The minimum absolute atomic E-state index is 0.0334. The van der Waals surface area contributed by atoms with Crippen LogP contribution in [0.15, 0.2) is 112 Å². The minimum Gasteiger partial charge on any atom is -0.352 e. The summed E-state index contributed by atoms with van der Waals surface area (Å²) < 4.78 is 30.2. The fraction of sp³-hybridized carbons (Fsp3) is 0.257. The quantitative estimate of drug-likeness (QED) is 0.160. The van der Waals surface area contributed by atoms with Crippen LogP contribution in [-0.4, -0.2) is 43.8 Å². The van der Waals surface area contributed by atoms with E-state index in [1.165, 1.54) is 17.0 Å². The van der Waals surface area contributed by atoms with E-state index in [1.54, 1.807) is 43.3 Å². The number of anilines is 1. The van der Waals surface area contributed by atoms with Crippen LogP contribution in [0.1, 0.15) is 37.0 Å². The number of hydrogen-bond acceptors (Lipinski definition) is 4. The molecule has 0 fully saturated rings. The molecule has 1 N–H and O–H groups in total. The highest BCUT2D eigenvalue weighted by Crippen LogP contribution is 2.31. The van der Waals surface area contributed by atoms with Gasteiger partial charge >= 0.3 is 0 Å². The molecule has 0 aliphatic rings. The number of amides is 2. The summed E-state index contributed by atoms with van der Waals surface area (Å²) in [5, 5.41) is 3.42. The van der Waals surface area contributed by atoms with Gasteiger partial charge in [0.15, 0.2) is 0 Å². The van der Waals surface area contributed by atoms with E-state index in [-0.39, 0.29) is 35.5 Å². The molecule has 45 heavy (non-hydrogen) atoms. The molecule has 0 aromatic heterocycles. The summed E-state index contributed by atoms with van der Waals surface area (Å²) in [5.74, 6) is -0.845. The van der Waals surface area contributed by atoms with Gasteiger partial charge in [0.05, 0.1) is 10.6 Å². The smallest absolute Gasteiger partial charge is 0.264 e. The number of carbonyl (C=O) groups excluding carboxylic acids is 2. The van der Waals surface area contributed by atoms with Gasteiger partial charge in [0.1, 0.15) is 12.6 Å². The number of benzene rings is 4. The Hall–Kier alpha value is -3.66. The summed E-state index contributed by atoms with van der Waals surface area (Å²) in [5.41, 5.74) is 2.45. The average Bonchev–Trinajstić information content (AvgIpc) is 3.03. The summed E-state index contributed by atoms with van der Waals surface area (Å²) in [6.45, 7) is 5.13. The van der Waals surface area contributed by atoms with Crippen molar-refractivity contribution in [1.82, 2.24) is 10.2 Å². The summed E-state index contributed by atoms with van der Waals surface area (Å²) >= 11 is 9.95. The molecule has 0 heterocycles. The first kappa shape index (κ1) is 34.2. The first-order valence-corrected chi connectivity index (χ1v) is 17.3. The van der Waals surface area contributed by atoms with E-state index in [9.17, 15) is 18.0 Å². The van der Waals surface area contributed by atoms with Gasteiger partial charge in [-0.2, -0.15) is 0 Å². The predicted molar refractivity (Wildman–Crippen MR) is 184 cm³/mol. The molecular weight excluding hydrogens is 674 g/mol. The SMILES string of the molecule is CC[C@H](C)NC(=O)[C@H](Cc1ccccc1)N(Cc1cccc(Br)c1)C(=O)CN(c1cccc(Cl)c1C)S(=O)(=O)c1ccccc1. The van der Waals surface area contributed by atoms with Crippen LogP contribution in [0.5, 0.6) is 0 Å². The van der Waals surface area contributed by atoms with Gasteiger partial charge in [0.2, 0.25) is 11.8 Å². The normalized spacial score (nSPS) is 12.6. The number of nitrogens with one attached hydrogen (secondary N) is 1. The van der Waals surface area contributed by atoms with Gasteiger partial charge in [-0.1, -0.05) is 101 Å². The molecule has 2 amide bonds. The van der Waals surface area contributed by atoms with Crippen LogP contribution in [0.2, 0.25) is 5.02 Å². The van der Waals surface area contributed by atoms with E-state index in [2.05, 4.69) is 21.2 Å². The Balaban J connectivity index is 1.83. The number of halogens is 2. The van der Waals surface area contributed by atoms with E-state index < -0.39 is 28.5 Å². The zero-order valence-corrected chi connectivity index (χ0v) is 28.6. The lowest BCUT2D eigenvalue weighted by Gasteiger charge is -2.34. The molecular formula is C35H37BrClN3O4S. The van der Waals surface area contributed by atoms with Crippen LogP contribution in [0.3, 0.4) is 0 Å². The Bertz CT molecular complexity index is 1720. The second-order valence-electron chi connectivity index (χ2n) is 10.9. The molecule has 0 aliphatic carbocycles. The lowest BCUT2D eigenvalue weighted by Crippen LogP contribution is -2.54. The Kier molecular flexibility index (Phi) is 11.8. The van der Waals surface area contributed by atoms with Crippen molar-refractivity contribution in [3.8, 4) is 0 Å². The molecule has 2 atom stereocenters. The summed E-state index contributed by atoms with van der Waals surface area (Å²) in [6.07, 6.45) is 0.949. The van der Waals surface area contributed by atoms with Crippen molar-refractivity contribution >= 4 is 55.1 Å². The molecule has 10 heteroatoms. The van der Waals surface area contributed by atoms with Gasteiger partial charge in [-0.25, -0.2) is 8.42 Å². The van der Waals surface area contributed by atoms with Crippen molar-refractivity contribution in [3.63, 3.8) is 0 Å². The molecule has 0 saturated carbocycles. The average molecular weight is 711 g/mol. The maximum absolute atomic E-state index is 14.6. The van der Waals surface area contributed by atoms with E-state index in [4.69, 9.17) is 11.6 Å².